The fourth-order valence-electron chi connectivity index (χ4n) is 3.52. The number of hydrogen-bond acceptors (Lipinski definition) is 4. The zero-order chi connectivity index (χ0) is 19.9. The molecule has 0 spiro atoms. The molecule has 0 radical (unpaired) electrons. The Balaban J connectivity index is 1.50. The number of carboxylic acid groups (broad SMARTS) is 1. The predicted octanol–water partition coefficient (Wildman–Crippen LogP) is 2.53. The number of aliphatic carboxylic acids is 1. The molecule has 0 aliphatic carbocycles. The first-order chi connectivity index (χ1) is 13.5. The minimum Gasteiger partial charge on any atom is -0.489 e. The number of likely N-dealkylation sites (tertiary alicyclic amines) is 1. The largest absolute Gasteiger partial charge is 0.489 e. The van der Waals surface area contributed by atoms with Gasteiger partial charge in [0, 0.05) is 19.6 Å². The minimum atomic E-state index is -0.789. The summed E-state index contributed by atoms with van der Waals surface area (Å²) in [5.41, 5.74) is 2.03. The van der Waals surface area contributed by atoms with E-state index < -0.39 is 11.9 Å². The van der Waals surface area contributed by atoms with Gasteiger partial charge in [0.25, 0.3) is 0 Å². The summed E-state index contributed by atoms with van der Waals surface area (Å²) in [7, 11) is 0. The molecule has 28 heavy (non-hydrogen) atoms. The number of ether oxygens (including phenoxy) is 1. The van der Waals surface area contributed by atoms with Gasteiger partial charge in [0.15, 0.2) is 0 Å². The van der Waals surface area contributed by atoms with Crippen LogP contribution in [0.1, 0.15) is 18.1 Å². The molecule has 1 aliphatic heterocycles. The van der Waals surface area contributed by atoms with E-state index in [-0.39, 0.29) is 18.4 Å². The molecular formula is C22H26N2O4. The van der Waals surface area contributed by atoms with E-state index in [0.29, 0.717) is 26.2 Å². The van der Waals surface area contributed by atoms with E-state index in [1.165, 1.54) is 0 Å². The first-order valence-electron chi connectivity index (χ1n) is 9.49. The third-order valence-electron chi connectivity index (χ3n) is 5.10. The Morgan fingerprint density at radius 3 is 2.43 bits per heavy atom. The van der Waals surface area contributed by atoms with Gasteiger partial charge in [-0.15, -0.1) is 0 Å². The van der Waals surface area contributed by atoms with Crippen LogP contribution in [0.2, 0.25) is 0 Å². The SMILES string of the molecule is C[C@@H]1CN(CC(=O)NCc2ccccc2COc2ccccc2)C[C@H]1C(=O)O. The fourth-order valence-corrected chi connectivity index (χ4v) is 3.52. The molecule has 0 aromatic heterocycles. The second-order valence-corrected chi connectivity index (χ2v) is 7.26. The van der Waals surface area contributed by atoms with Crippen LogP contribution in [-0.2, 0) is 22.7 Å². The Labute approximate surface area is 165 Å². The van der Waals surface area contributed by atoms with Gasteiger partial charge >= 0.3 is 5.97 Å². The van der Waals surface area contributed by atoms with Crippen molar-refractivity contribution >= 4 is 11.9 Å². The fraction of sp³-hybridized carbons (Fsp3) is 0.364. The summed E-state index contributed by atoms with van der Waals surface area (Å²) in [5, 5.41) is 12.2. The maximum Gasteiger partial charge on any atom is 0.308 e. The van der Waals surface area contributed by atoms with Crippen LogP contribution < -0.4 is 10.1 Å². The minimum absolute atomic E-state index is 0.0566. The molecule has 2 N–H and O–H groups in total. The number of rotatable bonds is 8. The molecule has 1 fully saturated rings. The average Bonchev–Trinajstić information content (AvgIpc) is 3.06. The maximum absolute atomic E-state index is 12.3. The Morgan fingerprint density at radius 2 is 1.75 bits per heavy atom. The van der Waals surface area contributed by atoms with E-state index in [9.17, 15) is 14.7 Å². The molecule has 1 amide bonds. The molecule has 1 heterocycles. The van der Waals surface area contributed by atoms with Crippen molar-refractivity contribution in [2.75, 3.05) is 19.6 Å². The van der Waals surface area contributed by atoms with E-state index in [2.05, 4.69) is 5.32 Å². The van der Waals surface area contributed by atoms with Crippen molar-refractivity contribution in [2.24, 2.45) is 11.8 Å². The second kappa shape index (κ2) is 9.37. The molecule has 1 aliphatic rings. The van der Waals surface area contributed by atoms with Crippen LogP contribution in [-0.4, -0.2) is 41.5 Å². The van der Waals surface area contributed by atoms with Gasteiger partial charge in [-0.2, -0.15) is 0 Å². The van der Waals surface area contributed by atoms with Crippen LogP contribution in [0.5, 0.6) is 5.75 Å². The second-order valence-electron chi connectivity index (χ2n) is 7.26. The van der Waals surface area contributed by atoms with Crippen LogP contribution in [0.15, 0.2) is 54.6 Å². The van der Waals surface area contributed by atoms with Crippen molar-refractivity contribution in [3.05, 3.63) is 65.7 Å². The number of nitrogens with zero attached hydrogens (tertiary/aromatic N) is 1. The lowest BCUT2D eigenvalue weighted by Gasteiger charge is -2.16. The van der Waals surface area contributed by atoms with Crippen LogP contribution in [0.25, 0.3) is 0 Å². The summed E-state index contributed by atoms with van der Waals surface area (Å²) in [6, 6.07) is 17.5. The maximum atomic E-state index is 12.3. The quantitative estimate of drug-likeness (QED) is 0.734. The lowest BCUT2D eigenvalue weighted by atomic mass is 9.99. The first kappa shape index (κ1) is 19.9. The first-order valence-corrected chi connectivity index (χ1v) is 9.49. The van der Waals surface area contributed by atoms with E-state index in [4.69, 9.17) is 4.74 Å². The molecule has 0 bridgehead atoms. The summed E-state index contributed by atoms with van der Waals surface area (Å²) in [6.07, 6.45) is 0. The molecule has 0 unspecified atom stereocenters. The van der Waals surface area contributed by atoms with Crippen LogP contribution in [0.4, 0.5) is 0 Å². The van der Waals surface area contributed by atoms with Crippen molar-refractivity contribution < 1.29 is 19.4 Å². The number of carboxylic acids is 1. The number of carbonyl (C=O) groups is 2. The Hall–Kier alpha value is -2.86. The molecular weight excluding hydrogens is 356 g/mol. The number of amides is 1. The van der Waals surface area contributed by atoms with Gasteiger partial charge in [-0.05, 0) is 29.2 Å². The Bertz CT molecular complexity index is 809. The van der Waals surface area contributed by atoms with Crippen LogP contribution in [0.3, 0.4) is 0 Å². The Kier molecular flexibility index (Phi) is 6.66. The van der Waals surface area contributed by atoms with E-state index in [1.807, 2.05) is 66.4 Å². The van der Waals surface area contributed by atoms with Gasteiger partial charge < -0.3 is 15.2 Å². The summed E-state index contributed by atoms with van der Waals surface area (Å²) in [6.45, 7) is 4.03. The predicted molar refractivity (Wildman–Crippen MR) is 106 cm³/mol. The van der Waals surface area contributed by atoms with Crippen molar-refractivity contribution in [3.8, 4) is 5.75 Å². The molecule has 2 atom stereocenters. The third-order valence-corrected chi connectivity index (χ3v) is 5.10. The van der Waals surface area contributed by atoms with Gasteiger partial charge in [0.1, 0.15) is 12.4 Å². The standard InChI is InChI=1S/C22H26N2O4/c1-16-12-24(13-20(16)22(26)27)14-21(25)23-11-17-7-5-6-8-18(17)15-28-19-9-3-2-4-10-19/h2-10,16,20H,11-15H2,1H3,(H,23,25)(H,26,27)/t16-,20-/m1/s1. The summed E-state index contributed by atoms with van der Waals surface area (Å²) < 4.78 is 5.82. The van der Waals surface area contributed by atoms with Crippen LogP contribution in [0, 0.1) is 11.8 Å². The molecule has 3 rings (SSSR count). The monoisotopic (exact) mass is 382 g/mol. The molecule has 6 heteroatoms. The van der Waals surface area contributed by atoms with Gasteiger partial charge in [0.05, 0.1) is 12.5 Å². The van der Waals surface area contributed by atoms with Crippen molar-refractivity contribution in [2.45, 2.75) is 20.1 Å². The smallest absolute Gasteiger partial charge is 0.308 e. The zero-order valence-electron chi connectivity index (χ0n) is 16.0. The van der Waals surface area contributed by atoms with Crippen LogP contribution >= 0.6 is 0 Å². The number of hydrogen-bond donors (Lipinski definition) is 2. The molecule has 148 valence electrons. The Morgan fingerprint density at radius 1 is 1.07 bits per heavy atom. The highest BCUT2D eigenvalue weighted by molar-refractivity contribution is 5.78. The van der Waals surface area contributed by atoms with E-state index in [0.717, 1.165) is 16.9 Å². The molecule has 1 saturated heterocycles. The van der Waals surface area contributed by atoms with Gasteiger partial charge in [-0.3, -0.25) is 14.5 Å². The summed E-state index contributed by atoms with van der Waals surface area (Å²) >= 11 is 0. The van der Waals surface area contributed by atoms with Crippen molar-refractivity contribution in [3.63, 3.8) is 0 Å². The number of para-hydroxylation sites is 1. The van der Waals surface area contributed by atoms with Crippen molar-refractivity contribution in [1.82, 2.24) is 10.2 Å². The highest BCUT2D eigenvalue weighted by Crippen LogP contribution is 2.22. The summed E-state index contributed by atoms with van der Waals surface area (Å²) in [5.74, 6) is -0.429. The number of nitrogens with one attached hydrogen (secondary N) is 1. The molecule has 0 saturated carbocycles. The average molecular weight is 382 g/mol. The van der Waals surface area contributed by atoms with Crippen molar-refractivity contribution in [1.29, 1.82) is 0 Å². The lowest BCUT2D eigenvalue weighted by molar-refractivity contribution is -0.142. The molecule has 2 aromatic carbocycles. The highest BCUT2D eigenvalue weighted by Gasteiger charge is 2.35. The highest BCUT2D eigenvalue weighted by atomic mass is 16.5. The molecule has 2 aromatic rings. The third kappa shape index (κ3) is 5.33. The lowest BCUT2D eigenvalue weighted by Crippen LogP contribution is -2.36. The topological polar surface area (TPSA) is 78.9 Å². The normalized spacial score (nSPS) is 19.3. The number of benzene rings is 2. The van der Waals surface area contributed by atoms with Gasteiger partial charge in [-0.25, -0.2) is 0 Å². The number of carbonyl (C=O) groups excluding carboxylic acids is 1. The van der Waals surface area contributed by atoms with E-state index >= 15 is 0 Å². The molecule has 6 nitrogen and oxygen atoms in total. The zero-order valence-corrected chi connectivity index (χ0v) is 16.0. The van der Waals surface area contributed by atoms with Gasteiger partial charge in [-0.1, -0.05) is 49.4 Å². The summed E-state index contributed by atoms with van der Waals surface area (Å²) in [4.78, 5) is 25.4. The van der Waals surface area contributed by atoms with Gasteiger partial charge in [0.2, 0.25) is 5.91 Å². The van der Waals surface area contributed by atoms with E-state index in [1.54, 1.807) is 0 Å².